The van der Waals surface area contributed by atoms with E-state index in [1.54, 1.807) is 6.92 Å². The molecule has 0 bridgehead atoms. The van der Waals surface area contributed by atoms with Crippen molar-refractivity contribution >= 4 is 20.5 Å². The standard InChI is InChI=1S/C4H6O2.C2H4.BH3.4FH/c1-2-4(6)3-5;1-2;;;;;/h3H,2H2,1H3;1-2H2;1H3;4*1H. The Kier molecular flexibility index (Phi) is 322. The molecule has 0 saturated carbocycles. The first-order valence-electron chi connectivity index (χ1n) is 2.29. The fourth-order valence-corrected chi connectivity index (χ4v) is 0.0833. The summed E-state index contributed by atoms with van der Waals surface area (Å²) >= 11 is 0. The molecular weight excluding hydrogens is 191 g/mol. The number of aldehydes is 1. The quantitative estimate of drug-likeness (QED) is 0.216. The van der Waals surface area contributed by atoms with E-state index in [9.17, 15) is 9.59 Å². The zero-order valence-electron chi connectivity index (χ0n) is 6.65. The van der Waals surface area contributed by atoms with Gasteiger partial charge in [-0.25, -0.2) is 0 Å². The minimum Gasteiger partial charge on any atom is -0.295 e. The summed E-state index contributed by atoms with van der Waals surface area (Å²) < 4.78 is 0. The molecule has 13 heavy (non-hydrogen) atoms. The predicted molar refractivity (Wildman–Crippen MR) is 52.6 cm³/mol. The van der Waals surface area contributed by atoms with Crippen LogP contribution in [0.25, 0.3) is 0 Å². The number of halogens is 4. The second-order valence-corrected chi connectivity index (χ2v) is 0.938. The number of rotatable bonds is 2. The Balaban J connectivity index is -0.00000000966. The molecule has 0 fully saturated rings. The highest BCUT2D eigenvalue weighted by atomic mass is 19.0. The Morgan fingerprint density at radius 2 is 1.38 bits per heavy atom. The minimum atomic E-state index is -0.338. The van der Waals surface area contributed by atoms with Crippen LogP contribution in [0.2, 0.25) is 0 Å². The molecule has 0 radical (unpaired) electrons. The van der Waals surface area contributed by atoms with E-state index in [2.05, 4.69) is 13.2 Å². The molecule has 7 heteroatoms. The number of hydrogen-bond donors (Lipinski definition) is 0. The maximum atomic E-state index is 9.81. The normalized spacial score (nSPS) is 3.77. The Morgan fingerprint density at radius 3 is 1.38 bits per heavy atom. The number of hydrogen-bond acceptors (Lipinski definition) is 2. The van der Waals surface area contributed by atoms with Crippen molar-refractivity contribution in [1.29, 1.82) is 0 Å². The molecule has 0 aliphatic heterocycles. The zero-order valence-corrected chi connectivity index (χ0v) is 6.65. The maximum Gasteiger partial charge on any atom is 0.194 e. The lowest BCUT2D eigenvalue weighted by Crippen LogP contribution is -1.92. The van der Waals surface area contributed by atoms with Crippen LogP contribution >= 0.6 is 0 Å². The summed E-state index contributed by atoms with van der Waals surface area (Å²) in [6.07, 6.45) is 0.656. The minimum absolute atomic E-state index is 0. The fourth-order valence-electron chi connectivity index (χ4n) is 0.0833. The lowest BCUT2D eigenvalue weighted by Gasteiger charge is -1.71. The SMILES string of the molecule is B.C=C.CCC(=O)C=O.F.F.F.F. The summed E-state index contributed by atoms with van der Waals surface area (Å²) in [6.45, 7) is 7.65. The van der Waals surface area contributed by atoms with Gasteiger partial charge in [0, 0.05) is 6.42 Å². The Morgan fingerprint density at radius 1 is 1.15 bits per heavy atom. The van der Waals surface area contributed by atoms with E-state index < -0.39 is 0 Å². The summed E-state index contributed by atoms with van der Waals surface area (Å²) in [5.41, 5.74) is 0. The molecule has 0 saturated heterocycles. The topological polar surface area (TPSA) is 34.1 Å². The van der Waals surface area contributed by atoms with Crippen molar-refractivity contribution in [3.63, 3.8) is 0 Å². The van der Waals surface area contributed by atoms with Gasteiger partial charge in [0.15, 0.2) is 12.1 Å². The van der Waals surface area contributed by atoms with E-state index in [1.807, 2.05) is 0 Å². The smallest absolute Gasteiger partial charge is 0.194 e. The first-order chi connectivity index (χ1) is 3.81. The molecule has 0 aliphatic rings. The first kappa shape index (κ1) is 59.2. The monoisotopic (exact) mass is 208 g/mol. The van der Waals surface area contributed by atoms with Gasteiger partial charge in [-0.2, -0.15) is 0 Å². The Bertz CT molecular complexity index is 92.7. The highest BCUT2D eigenvalue weighted by Crippen LogP contribution is 1.69. The van der Waals surface area contributed by atoms with Gasteiger partial charge in [-0.15, -0.1) is 13.2 Å². The number of Topliss-reactive ketones (excluding diaryl/α,β-unsaturated/α-hetero) is 1. The van der Waals surface area contributed by atoms with Crippen molar-refractivity contribution < 1.29 is 28.4 Å². The second kappa shape index (κ2) is 70.8. The van der Waals surface area contributed by atoms with Gasteiger partial charge < -0.3 is 0 Å². The van der Waals surface area contributed by atoms with Gasteiger partial charge in [0.2, 0.25) is 0 Å². The van der Waals surface area contributed by atoms with E-state index >= 15 is 0 Å². The third-order valence-electron chi connectivity index (χ3n) is 0.480. The highest BCUT2D eigenvalue weighted by molar-refractivity contribution is 6.24. The molecule has 0 heterocycles. The average Bonchev–Trinajstić information content (AvgIpc) is 1.91. The summed E-state index contributed by atoms with van der Waals surface area (Å²) in [5, 5.41) is 0. The van der Waals surface area contributed by atoms with Gasteiger partial charge in [0.05, 0.1) is 8.41 Å². The van der Waals surface area contributed by atoms with Gasteiger partial charge in [0.25, 0.3) is 0 Å². The molecule has 0 aromatic rings. The van der Waals surface area contributed by atoms with Gasteiger partial charge in [-0.1, -0.05) is 6.92 Å². The van der Waals surface area contributed by atoms with Crippen LogP contribution in [0.5, 0.6) is 0 Å². The molecule has 0 aromatic carbocycles. The zero-order chi connectivity index (χ0) is 6.99. The molecule has 0 rings (SSSR count). The van der Waals surface area contributed by atoms with Crippen LogP contribution in [0.1, 0.15) is 13.3 Å². The molecule has 0 atom stereocenters. The summed E-state index contributed by atoms with van der Waals surface area (Å²) in [6, 6.07) is 0. The summed E-state index contributed by atoms with van der Waals surface area (Å²) in [7, 11) is 0. The van der Waals surface area contributed by atoms with Crippen LogP contribution in [0.4, 0.5) is 18.8 Å². The predicted octanol–water partition coefficient (Wildman–Crippen LogP) is 0.393. The van der Waals surface area contributed by atoms with Gasteiger partial charge >= 0.3 is 0 Å². The molecule has 2 nitrogen and oxygen atoms in total. The van der Waals surface area contributed by atoms with E-state index in [4.69, 9.17) is 0 Å². The third kappa shape index (κ3) is 104. The lowest BCUT2D eigenvalue weighted by molar-refractivity contribution is -0.129. The first-order valence-corrected chi connectivity index (χ1v) is 2.29. The van der Waals surface area contributed by atoms with E-state index in [-0.39, 0.29) is 33.0 Å². The van der Waals surface area contributed by atoms with Crippen molar-refractivity contribution in [3.8, 4) is 0 Å². The maximum absolute atomic E-state index is 9.81. The van der Waals surface area contributed by atoms with Crippen LogP contribution < -0.4 is 0 Å². The number of ketones is 1. The van der Waals surface area contributed by atoms with Crippen molar-refractivity contribution in [2.75, 3.05) is 0 Å². The second-order valence-electron chi connectivity index (χ2n) is 0.938. The molecule has 84 valence electrons. The van der Waals surface area contributed by atoms with Gasteiger partial charge in [0.1, 0.15) is 0 Å². The Hall–Kier alpha value is -1.14. The summed E-state index contributed by atoms with van der Waals surface area (Å²) in [4.78, 5) is 19.2. The molecule has 0 aliphatic carbocycles. The van der Waals surface area contributed by atoms with Gasteiger partial charge in [-0.05, 0) is 0 Å². The molecule has 0 spiro atoms. The molecule has 0 N–H and O–H groups in total. The van der Waals surface area contributed by atoms with Crippen LogP contribution in [0.3, 0.4) is 0 Å². The van der Waals surface area contributed by atoms with Crippen molar-refractivity contribution in [1.82, 2.24) is 0 Å². The summed E-state index contributed by atoms with van der Waals surface area (Å²) in [5.74, 6) is -0.338. The van der Waals surface area contributed by atoms with E-state index in [1.165, 1.54) is 0 Å². The fraction of sp³-hybridized carbons (Fsp3) is 0.333. The number of carbonyl (C=O) groups is 2. The van der Waals surface area contributed by atoms with Crippen LogP contribution in [-0.2, 0) is 9.59 Å². The van der Waals surface area contributed by atoms with E-state index in [0.717, 1.165) is 0 Å². The molecular formula is C6H17BF4O2. The highest BCUT2D eigenvalue weighted by Gasteiger charge is 1.87. The van der Waals surface area contributed by atoms with Crippen molar-refractivity contribution in [2.24, 2.45) is 0 Å². The van der Waals surface area contributed by atoms with E-state index in [0.29, 0.717) is 12.7 Å². The average molecular weight is 208 g/mol. The van der Waals surface area contributed by atoms with Crippen LogP contribution in [-0.4, -0.2) is 20.5 Å². The van der Waals surface area contributed by atoms with Gasteiger partial charge in [-0.3, -0.25) is 28.4 Å². The van der Waals surface area contributed by atoms with Crippen LogP contribution in [0, 0.1) is 0 Å². The largest absolute Gasteiger partial charge is 0.295 e. The third-order valence-corrected chi connectivity index (χ3v) is 0.480. The molecule has 0 amide bonds. The Labute approximate surface area is 76.4 Å². The molecule has 0 unspecified atom stereocenters. The van der Waals surface area contributed by atoms with Crippen molar-refractivity contribution in [3.05, 3.63) is 13.2 Å². The lowest BCUT2D eigenvalue weighted by atomic mass is 10.3. The molecule has 0 aromatic heterocycles. The van der Waals surface area contributed by atoms with Crippen molar-refractivity contribution in [2.45, 2.75) is 13.3 Å². The van der Waals surface area contributed by atoms with Crippen LogP contribution in [0.15, 0.2) is 13.2 Å². The number of carbonyl (C=O) groups excluding carboxylic acids is 2.